The van der Waals surface area contributed by atoms with E-state index in [-0.39, 0.29) is 11.5 Å². The molecule has 0 saturated carbocycles. The fourth-order valence-corrected chi connectivity index (χ4v) is 10.3. The first-order valence-electron chi connectivity index (χ1n) is 21.3. The molecule has 57 heavy (non-hydrogen) atoms. The van der Waals surface area contributed by atoms with Gasteiger partial charge in [0, 0.05) is 81.9 Å². The highest BCUT2D eigenvalue weighted by atomic mass is 16.3. The number of benzene rings is 4. The number of aryl methyl sites for hydroxylation is 1. The van der Waals surface area contributed by atoms with Crippen LogP contribution in [0.4, 0.5) is 11.4 Å². The summed E-state index contributed by atoms with van der Waals surface area (Å²) in [6, 6.07) is 35.8. The van der Waals surface area contributed by atoms with Crippen molar-refractivity contribution in [3.05, 3.63) is 152 Å². The summed E-state index contributed by atoms with van der Waals surface area (Å²) in [7, 11) is 0. The van der Waals surface area contributed by atoms with Crippen LogP contribution in [0, 0.1) is 11.8 Å². The molecule has 0 spiro atoms. The monoisotopic (exact) mass is 764 g/mol. The molecule has 4 aromatic carbocycles. The van der Waals surface area contributed by atoms with Gasteiger partial charge in [-0.2, -0.15) is 0 Å². The van der Waals surface area contributed by atoms with Gasteiger partial charge in [0.1, 0.15) is 5.75 Å². The molecule has 9 nitrogen and oxygen atoms in total. The highest BCUT2D eigenvalue weighted by molar-refractivity contribution is 5.53. The predicted octanol–water partition coefficient (Wildman–Crippen LogP) is 6.84. The van der Waals surface area contributed by atoms with Crippen LogP contribution < -0.4 is 21.0 Å². The lowest BCUT2D eigenvalue weighted by Gasteiger charge is -2.41. The lowest BCUT2D eigenvalue weighted by Crippen LogP contribution is -2.49. The van der Waals surface area contributed by atoms with Crippen molar-refractivity contribution in [1.29, 1.82) is 0 Å². The molecule has 0 bridgehead atoms. The maximum atomic E-state index is 12.2. The fourth-order valence-electron chi connectivity index (χ4n) is 10.3. The average Bonchev–Trinajstić information content (AvgIpc) is 3.25. The summed E-state index contributed by atoms with van der Waals surface area (Å²) in [5, 5.41) is 10.2. The number of piperazine rings is 1. The maximum Gasteiger partial charge on any atom is 0.332 e. The van der Waals surface area contributed by atoms with Crippen LogP contribution in [0.25, 0.3) is 5.69 Å². The molecule has 4 aliphatic rings. The number of H-pyrrole nitrogens is 1. The Hall–Kier alpha value is -5.12. The molecule has 1 aromatic heterocycles. The molecule has 1 aliphatic carbocycles. The Bertz CT molecular complexity index is 2210. The molecular weight excluding hydrogens is 709 g/mol. The van der Waals surface area contributed by atoms with Gasteiger partial charge in [-0.05, 0) is 140 Å². The van der Waals surface area contributed by atoms with Gasteiger partial charge < -0.3 is 19.8 Å². The summed E-state index contributed by atoms with van der Waals surface area (Å²) in [4.78, 5) is 36.4. The van der Waals surface area contributed by atoms with Crippen LogP contribution in [0.2, 0.25) is 0 Å². The highest BCUT2D eigenvalue weighted by Gasteiger charge is 2.33. The Labute approximate surface area is 336 Å². The van der Waals surface area contributed by atoms with E-state index >= 15 is 0 Å². The Morgan fingerprint density at radius 2 is 1.18 bits per heavy atom. The SMILES string of the molecule is O=c1ccn(-c2ccc(N3CCC(CN4CCC(CN5CCN(c6ccc([C@@H]7c8ccc(O)cc8CC[C@@H]7c7ccccc7)cc6)CC5)CC4)CC3)cc2)c(=O)[nH]1. The van der Waals surface area contributed by atoms with E-state index in [1.165, 1.54) is 102 Å². The van der Waals surface area contributed by atoms with Crippen molar-refractivity contribution in [2.75, 3.05) is 75.2 Å². The number of anilines is 2. The van der Waals surface area contributed by atoms with Crippen molar-refractivity contribution in [1.82, 2.24) is 19.4 Å². The number of phenols is 1. The van der Waals surface area contributed by atoms with Crippen LogP contribution in [0.3, 0.4) is 0 Å². The molecule has 2 atom stereocenters. The number of aromatic amines is 1. The molecule has 296 valence electrons. The Morgan fingerprint density at radius 3 is 1.84 bits per heavy atom. The van der Waals surface area contributed by atoms with Crippen LogP contribution in [-0.4, -0.2) is 89.9 Å². The summed E-state index contributed by atoms with van der Waals surface area (Å²) in [5.41, 5.74) is 7.87. The van der Waals surface area contributed by atoms with Crippen molar-refractivity contribution in [2.24, 2.45) is 11.8 Å². The van der Waals surface area contributed by atoms with Gasteiger partial charge in [0.2, 0.25) is 0 Å². The molecule has 9 heteroatoms. The topological polar surface area (TPSA) is 88.1 Å². The van der Waals surface area contributed by atoms with Gasteiger partial charge in [-0.25, -0.2) is 4.79 Å². The van der Waals surface area contributed by atoms with E-state index < -0.39 is 5.69 Å². The molecule has 0 amide bonds. The molecule has 9 rings (SSSR count). The Morgan fingerprint density at radius 1 is 0.579 bits per heavy atom. The van der Waals surface area contributed by atoms with Gasteiger partial charge in [0.25, 0.3) is 5.56 Å². The second-order valence-electron chi connectivity index (χ2n) is 17.0. The second kappa shape index (κ2) is 16.8. The summed E-state index contributed by atoms with van der Waals surface area (Å²) in [6.07, 6.45) is 8.64. The second-order valence-corrected chi connectivity index (χ2v) is 17.0. The van der Waals surface area contributed by atoms with E-state index in [0.29, 0.717) is 11.7 Å². The van der Waals surface area contributed by atoms with E-state index in [0.717, 1.165) is 69.6 Å². The number of hydrogen-bond donors (Lipinski definition) is 2. The zero-order chi connectivity index (χ0) is 38.7. The Balaban J connectivity index is 0.718. The number of aromatic hydroxyl groups is 1. The summed E-state index contributed by atoms with van der Waals surface area (Å²) >= 11 is 0. The van der Waals surface area contributed by atoms with Gasteiger partial charge >= 0.3 is 5.69 Å². The number of nitrogens with zero attached hydrogens (tertiary/aromatic N) is 5. The highest BCUT2D eigenvalue weighted by Crippen LogP contribution is 2.47. The van der Waals surface area contributed by atoms with Gasteiger partial charge in [-0.3, -0.25) is 19.2 Å². The van der Waals surface area contributed by atoms with Gasteiger partial charge in [0.15, 0.2) is 0 Å². The molecule has 2 N–H and O–H groups in total. The van der Waals surface area contributed by atoms with Crippen molar-refractivity contribution in [3.8, 4) is 11.4 Å². The molecule has 3 saturated heterocycles. The van der Waals surface area contributed by atoms with Gasteiger partial charge in [0.05, 0.1) is 5.69 Å². The normalized spacial score (nSPS) is 21.4. The van der Waals surface area contributed by atoms with Gasteiger partial charge in [-0.15, -0.1) is 0 Å². The maximum absolute atomic E-state index is 12.2. The molecule has 4 heterocycles. The number of nitrogens with one attached hydrogen (secondary N) is 1. The zero-order valence-electron chi connectivity index (χ0n) is 33.0. The largest absolute Gasteiger partial charge is 0.508 e. The average molecular weight is 765 g/mol. The number of hydrogen-bond acceptors (Lipinski definition) is 7. The van der Waals surface area contributed by atoms with Crippen LogP contribution >= 0.6 is 0 Å². The number of fused-ring (bicyclic) bond motifs is 1. The summed E-state index contributed by atoms with van der Waals surface area (Å²) in [5.74, 6) is 2.61. The van der Waals surface area contributed by atoms with E-state index in [1.807, 2.05) is 24.3 Å². The third-order valence-electron chi connectivity index (χ3n) is 13.5. The van der Waals surface area contributed by atoms with Crippen LogP contribution in [-0.2, 0) is 6.42 Å². The molecule has 3 aliphatic heterocycles. The van der Waals surface area contributed by atoms with Crippen molar-refractivity contribution in [3.63, 3.8) is 0 Å². The minimum Gasteiger partial charge on any atom is -0.508 e. The lowest BCUT2D eigenvalue weighted by molar-refractivity contribution is 0.122. The minimum atomic E-state index is -0.416. The first kappa shape index (κ1) is 37.5. The lowest BCUT2D eigenvalue weighted by atomic mass is 9.69. The van der Waals surface area contributed by atoms with Gasteiger partial charge in [-0.1, -0.05) is 48.5 Å². The van der Waals surface area contributed by atoms with Crippen molar-refractivity contribution < 1.29 is 5.11 Å². The first-order chi connectivity index (χ1) is 27.9. The number of rotatable bonds is 9. The quantitative estimate of drug-likeness (QED) is 0.170. The predicted molar refractivity (Wildman–Crippen MR) is 229 cm³/mol. The summed E-state index contributed by atoms with van der Waals surface area (Å²) < 4.78 is 1.47. The first-order valence-corrected chi connectivity index (χ1v) is 21.3. The number of likely N-dealkylation sites (tertiary alicyclic amines) is 1. The number of phenolic OH excluding ortho intramolecular Hbond substituents is 1. The third-order valence-corrected chi connectivity index (χ3v) is 13.5. The Kier molecular flexibility index (Phi) is 11.0. The van der Waals surface area contributed by atoms with Crippen LogP contribution in [0.1, 0.15) is 66.2 Å². The molecular formula is C48H56N6O3. The number of piperidine rings is 2. The minimum absolute atomic E-state index is 0.282. The summed E-state index contributed by atoms with van der Waals surface area (Å²) in [6.45, 7) is 11.4. The fraction of sp³-hybridized carbons (Fsp3) is 0.417. The smallest absolute Gasteiger partial charge is 0.332 e. The molecule has 3 fully saturated rings. The van der Waals surface area contributed by atoms with Crippen molar-refractivity contribution in [2.45, 2.75) is 50.4 Å². The molecule has 0 radical (unpaired) electrons. The van der Waals surface area contributed by atoms with E-state index in [9.17, 15) is 14.7 Å². The number of aromatic nitrogens is 2. The van der Waals surface area contributed by atoms with Crippen molar-refractivity contribution >= 4 is 11.4 Å². The standard InChI is InChI=1S/C48H56N6O3/c55-43-15-17-45-39(32-43)8-16-44(37-4-2-1-3-5-37)47(45)38-6-9-40(10-7-38)53-30-28-51(29-31-53)34-35-18-23-50(24-19-35)33-36-20-25-52(26-21-36)41-11-13-42(14-12-41)54-27-22-46(56)49-48(54)57/h1-7,9-15,17,22,27,32,35-36,44,47,55H,8,16,18-21,23-26,28-31,33-34H2,(H,49,56,57)/t44-,47+/m1/s1. The molecule has 5 aromatic rings. The van der Waals surface area contributed by atoms with E-state index in [4.69, 9.17) is 0 Å². The van der Waals surface area contributed by atoms with E-state index in [1.54, 1.807) is 0 Å². The zero-order valence-corrected chi connectivity index (χ0v) is 33.0. The van der Waals surface area contributed by atoms with Crippen LogP contribution in [0.15, 0.2) is 119 Å². The third kappa shape index (κ3) is 8.46. The van der Waals surface area contributed by atoms with E-state index in [2.05, 4.69) is 97.4 Å². The molecule has 0 unspecified atom stereocenters. The van der Waals surface area contributed by atoms with Crippen LogP contribution in [0.5, 0.6) is 5.75 Å².